The normalized spacial score (nSPS) is 12.2. The number of hydrogen-bond donors (Lipinski definition) is 2. The van der Waals surface area contributed by atoms with Gasteiger partial charge in [-0.1, -0.05) is 30.3 Å². The zero-order valence-corrected chi connectivity index (χ0v) is 12.3. The van der Waals surface area contributed by atoms with Crippen molar-refractivity contribution >= 4 is 0 Å². The molecule has 0 aliphatic heterocycles. The molecule has 0 spiro atoms. The maximum atomic E-state index is 5.76. The summed E-state index contributed by atoms with van der Waals surface area (Å²) in [6.07, 6.45) is 0. The van der Waals surface area contributed by atoms with Crippen LogP contribution in [-0.4, -0.2) is 6.61 Å². The standard InChI is InChI=1S/C17H22N2O/c1-4-20-16-7-5-6-14(11-16)17(19-18)15-9-8-12(2)13(3)10-15/h5-11,17,19H,4,18H2,1-3H3. The number of ether oxygens (including phenoxy) is 1. The number of aryl methyl sites for hydroxylation is 2. The maximum Gasteiger partial charge on any atom is 0.119 e. The first-order chi connectivity index (χ1) is 9.65. The summed E-state index contributed by atoms with van der Waals surface area (Å²) >= 11 is 0. The van der Waals surface area contributed by atoms with Crippen molar-refractivity contribution in [1.29, 1.82) is 0 Å². The van der Waals surface area contributed by atoms with Crippen molar-refractivity contribution in [2.75, 3.05) is 6.61 Å². The Morgan fingerprint density at radius 1 is 1.05 bits per heavy atom. The topological polar surface area (TPSA) is 47.3 Å². The quantitative estimate of drug-likeness (QED) is 0.647. The van der Waals surface area contributed by atoms with Gasteiger partial charge in [0.1, 0.15) is 5.75 Å². The summed E-state index contributed by atoms with van der Waals surface area (Å²) in [7, 11) is 0. The highest BCUT2D eigenvalue weighted by Gasteiger charge is 2.13. The van der Waals surface area contributed by atoms with Crippen molar-refractivity contribution < 1.29 is 4.74 Å². The molecule has 106 valence electrons. The molecule has 0 fully saturated rings. The highest BCUT2D eigenvalue weighted by atomic mass is 16.5. The lowest BCUT2D eigenvalue weighted by atomic mass is 9.96. The third kappa shape index (κ3) is 3.18. The summed E-state index contributed by atoms with van der Waals surface area (Å²) < 4.78 is 5.55. The van der Waals surface area contributed by atoms with E-state index in [-0.39, 0.29) is 6.04 Å². The number of nitrogens with two attached hydrogens (primary N) is 1. The highest BCUT2D eigenvalue weighted by Crippen LogP contribution is 2.26. The summed E-state index contributed by atoms with van der Waals surface area (Å²) in [5.41, 5.74) is 7.70. The van der Waals surface area contributed by atoms with Crippen molar-refractivity contribution in [3.63, 3.8) is 0 Å². The van der Waals surface area contributed by atoms with Crippen LogP contribution in [-0.2, 0) is 0 Å². The minimum atomic E-state index is -0.0327. The van der Waals surface area contributed by atoms with Crippen LogP contribution in [0, 0.1) is 13.8 Å². The molecule has 0 bridgehead atoms. The van der Waals surface area contributed by atoms with Crippen LogP contribution in [0.4, 0.5) is 0 Å². The Kier molecular flexibility index (Phi) is 4.77. The predicted molar refractivity (Wildman–Crippen MR) is 82.7 cm³/mol. The molecule has 0 saturated carbocycles. The van der Waals surface area contributed by atoms with Gasteiger partial charge >= 0.3 is 0 Å². The Morgan fingerprint density at radius 3 is 2.45 bits per heavy atom. The molecule has 3 heteroatoms. The number of hydrogen-bond acceptors (Lipinski definition) is 3. The zero-order valence-electron chi connectivity index (χ0n) is 12.3. The fraction of sp³-hybridized carbons (Fsp3) is 0.294. The molecule has 2 aromatic rings. The Hall–Kier alpha value is -1.84. The molecule has 2 rings (SSSR count). The van der Waals surface area contributed by atoms with E-state index in [1.165, 1.54) is 11.1 Å². The highest BCUT2D eigenvalue weighted by molar-refractivity contribution is 5.39. The molecule has 0 aromatic heterocycles. The van der Waals surface area contributed by atoms with Crippen LogP contribution in [0.5, 0.6) is 5.75 Å². The molecule has 2 aromatic carbocycles. The van der Waals surface area contributed by atoms with Crippen molar-refractivity contribution in [2.24, 2.45) is 5.84 Å². The lowest BCUT2D eigenvalue weighted by molar-refractivity contribution is 0.339. The zero-order chi connectivity index (χ0) is 14.5. The third-order valence-electron chi connectivity index (χ3n) is 3.53. The van der Waals surface area contributed by atoms with Gasteiger partial charge in [0.15, 0.2) is 0 Å². The van der Waals surface area contributed by atoms with Crippen LogP contribution >= 0.6 is 0 Å². The van der Waals surface area contributed by atoms with Crippen LogP contribution in [0.1, 0.15) is 35.2 Å². The molecule has 0 heterocycles. The summed E-state index contributed by atoms with van der Waals surface area (Å²) in [6, 6.07) is 14.4. The molecular weight excluding hydrogens is 248 g/mol. The second-order valence-electron chi connectivity index (χ2n) is 4.95. The van der Waals surface area contributed by atoms with E-state index in [0.29, 0.717) is 6.61 Å². The largest absolute Gasteiger partial charge is 0.494 e. The molecule has 1 atom stereocenters. The first kappa shape index (κ1) is 14.6. The molecule has 0 radical (unpaired) electrons. The lowest BCUT2D eigenvalue weighted by Gasteiger charge is -2.19. The van der Waals surface area contributed by atoms with E-state index in [1.807, 2.05) is 25.1 Å². The van der Waals surface area contributed by atoms with Gasteiger partial charge in [0.2, 0.25) is 0 Å². The molecule has 20 heavy (non-hydrogen) atoms. The Labute approximate surface area is 120 Å². The van der Waals surface area contributed by atoms with Gasteiger partial charge in [0.05, 0.1) is 12.6 Å². The minimum Gasteiger partial charge on any atom is -0.494 e. The summed E-state index contributed by atoms with van der Waals surface area (Å²) in [4.78, 5) is 0. The Bertz CT molecular complexity index is 581. The monoisotopic (exact) mass is 270 g/mol. The van der Waals surface area contributed by atoms with Gasteiger partial charge in [0, 0.05) is 0 Å². The van der Waals surface area contributed by atoms with Crippen molar-refractivity contribution in [2.45, 2.75) is 26.8 Å². The molecule has 0 saturated heterocycles. The van der Waals surface area contributed by atoms with Crippen LogP contribution in [0.3, 0.4) is 0 Å². The van der Waals surface area contributed by atoms with E-state index >= 15 is 0 Å². The fourth-order valence-corrected chi connectivity index (χ4v) is 2.28. The number of rotatable bonds is 5. The third-order valence-corrected chi connectivity index (χ3v) is 3.53. The number of nitrogens with one attached hydrogen (secondary N) is 1. The van der Waals surface area contributed by atoms with Gasteiger partial charge < -0.3 is 4.74 Å². The molecular formula is C17H22N2O. The SMILES string of the molecule is CCOc1cccc(C(NN)c2ccc(C)c(C)c2)c1. The molecule has 1 unspecified atom stereocenters. The van der Waals surface area contributed by atoms with Crippen molar-refractivity contribution in [3.05, 3.63) is 64.7 Å². The molecule has 0 amide bonds. The Morgan fingerprint density at radius 2 is 1.80 bits per heavy atom. The van der Waals surface area contributed by atoms with E-state index in [2.05, 4.69) is 43.5 Å². The van der Waals surface area contributed by atoms with E-state index in [9.17, 15) is 0 Å². The average Bonchev–Trinajstić information content (AvgIpc) is 2.44. The molecule has 3 nitrogen and oxygen atoms in total. The first-order valence-corrected chi connectivity index (χ1v) is 6.91. The first-order valence-electron chi connectivity index (χ1n) is 6.91. The summed E-state index contributed by atoms with van der Waals surface area (Å²) in [6.45, 7) is 6.87. The second-order valence-corrected chi connectivity index (χ2v) is 4.95. The van der Waals surface area contributed by atoms with Crippen LogP contribution in [0.25, 0.3) is 0 Å². The minimum absolute atomic E-state index is 0.0327. The van der Waals surface area contributed by atoms with Crippen molar-refractivity contribution in [3.8, 4) is 5.75 Å². The summed E-state index contributed by atoms with van der Waals surface area (Å²) in [5, 5.41) is 0. The molecule has 3 N–H and O–H groups in total. The summed E-state index contributed by atoms with van der Waals surface area (Å²) in [5.74, 6) is 6.63. The van der Waals surface area contributed by atoms with Gasteiger partial charge in [-0.05, 0) is 55.2 Å². The fourth-order valence-electron chi connectivity index (χ4n) is 2.28. The van der Waals surface area contributed by atoms with E-state index in [0.717, 1.165) is 16.9 Å². The van der Waals surface area contributed by atoms with Gasteiger partial charge in [0.25, 0.3) is 0 Å². The smallest absolute Gasteiger partial charge is 0.119 e. The number of benzene rings is 2. The van der Waals surface area contributed by atoms with Gasteiger partial charge in [-0.25, -0.2) is 5.43 Å². The van der Waals surface area contributed by atoms with E-state index in [4.69, 9.17) is 10.6 Å². The second kappa shape index (κ2) is 6.55. The van der Waals surface area contributed by atoms with Crippen LogP contribution < -0.4 is 16.0 Å². The van der Waals surface area contributed by atoms with Crippen LogP contribution in [0.2, 0.25) is 0 Å². The van der Waals surface area contributed by atoms with Gasteiger partial charge in [-0.15, -0.1) is 0 Å². The Balaban J connectivity index is 2.36. The van der Waals surface area contributed by atoms with E-state index < -0.39 is 0 Å². The lowest BCUT2D eigenvalue weighted by Crippen LogP contribution is -2.28. The van der Waals surface area contributed by atoms with E-state index in [1.54, 1.807) is 0 Å². The molecule has 0 aliphatic rings. The average molecular weight is 270 g/mol. The van der Waals surface area contributed by atoms with Crippen molar-refractivity contribution in [1.82, 2.24) is 5.43 Å². The maximum absolute atomic E-state index is 5.76. The predicted octanol–water partition coefficient (Wildman–Crippen LogP) is 3.25. The van der Waals surface area contributed by atoms with Gasteiger partial charge in [-0.2, -0.15) is 0 Å². The van der Waals surface area contributed by atoms with Crippen LogP contribution in [0.15, 0.2) is 42.5 Å². The van der Waals surface area contributed by atoms with Gasteiger partial charge in [-0.3, -0.25) is 5.84 Å². The number of hydrazine groups is 1. The molecule has 0 aliphatic carbocycles.